The van der Waals surface area contributed by atoms with Crippen LogP contribution in [0, 0.1) is 11.8 Å². The number of carboxylic acid groups (broad SMARTS) is 1. The molecule has 1 aliphatic carbocycles. The number of carbonyl (C=O) groups is 1. The Morgan fingerprint density at radius 1 is 1.25 bits per heavy atom. The predicted octanol–water partition coefficient (Wildman–Crippen LogP) is 2.23. The van der Waals surface area contributed by atoms with Gasteiger partial charge >= 0.3 is 5.97 Å². The number of anilines is 1. The number of benzene rings is 1. The van der Waals surface area contributed by atoms with Crippen LogP contribution in [0.5, 0.6) is 0 Å². The van der Waals surface area contributed by atoms with Gasteiger partial charge in [-0.25, -0.2) is 4.79 Å². The Hall–Kier alpha value is -1.51. The van der Waals surface area contributed by atoms with Crippen LogP contribution >= 0.6 is 0 Å². The molecular formula is C13H15NO2. The van der Waals surface area contributed by atoms with Crippen LogP contribution in [-0.2, 0) is 0 Å². The lowest BCUT2D eigenvalue weighted by Crippen LogP contribution is -2.48. The summed E-state index contributed by atoms with van der Waals surface area (Å²) in [5, 5.41) is 8.95. The molecule has 3 nitrogen and oxygen atoms in total. The van der Waals surface area contributed by atoms with E-state index in [2.05, 4.69) is 4.90 Å². The van der Waals surface area contributed by atoms with Crippen molar-refractivity contribution in [3.8, 4) is 0 Å². The summed E-state index contributed by atoms with van der Waals surface area (Å²) in [6.07, 6.45) is 2.74. The zero-order valence-electron chi connectivity index (χ0n) is 9.10. The topological polar surface area (TPSA) is 40.5 Å². The van der Waals surface area contributed by atoms with Crippen molar-refractivity contribution in [3.63, 3.8) is 0 Å². The van der Waals surface area contributed by atoms with Gasteiger partial charge in [-0.3, -0.25) is 0 Å². The monoisotopic (exact) mass is 217 g/mol. The molecule has 1 aromatic rings. The average molecular weight is 217 g/mol. The van der Waals surface area contributed by atoms with Gasteiger partial charge in [0, 0.05) is 18.8 Å². The quantitative estimate of drug-likeness (QED) is 0.825. The Morgan fingerprint density at radius 3 is 2.56 bits per heavy atom. The van der Waals surface area contributed by atoms with E-state index in [4.69, 9.17) is 5.11 Å². The van der Waals surface area contributed by atoms with Crippen LogP contribution in [-0.4, -0.2) is 24.2 Å². The molecular weight excluding hydrogens is 202 g/mol. The van der Waals surface area contributed by atoms with E-state index in [-0.39, 0.29) is 0 Å². The Morgan fingerprint density at radius 2 is 1.94 bits per heavy atom. The van der Waals surface area contributed by atoms with Gasteiger partial charge in [-0.2, -0.15) is 0 Å². The average Bonchev–Trinajstić information content (AvgIpc) is 2.28. The predicted molar refractivity (Wildman–Crippen MR) is 61.8 cm³/mol. The second-order valence-corrected chi connectivity index (χ2v) is 4.96. The summed E-state index contributed by atoms with van der Waals surface area (Å²) in [6.45, 7) is 2.19. The molecule has 0 radical (unpaired) electrons. The van der Waals surface area contributed by atoms with Crippen LogP contribution in [0.1, 0.15) is 23.2 Å². The number of hydrogen-bond donors (Lipinski definition) is 1. The summed E-state index contributed by atoms with van der Waals surface area (Å²) in [7, 11) is 0. The highest BCUT2D eigenvalue weighted by molar-refractivity contribution is 5.88. The summed E-state index contributed by atoms with van der Waals surface area (Å²) in [6, 6.07) is 7.28. The minimum Gasteiger partial charge on any atom is -0.478 e. The lowest BCUT2D eigenvalue weighted by atomic mass is 9.71. The molecule has 84 valence electrons. The van der Waals surface area contributed by atoms with E-state index in [1.54, 1.807) is 12.1 Å². The van der Waals surface area contributed by atoms with Crippen LogP contribution in [0.4, 0.5) is 5.69 Å². The van der Waals surface area contributed by atoms with Crippen LogP contribution in [0.25, 0.3) is 0 Å². The molecule has 0 atom stereocenters. The Bertz CT molecular complexity index is 414. The molecule has 1 aromatic carbocycles. The minimum atomic E-state index is -0.844. The van der Waals surface area contributed by atoms with Gasteiger partial charge in [-0.15, -0.1) is 0 Å². The normalized spacial score (nSPS) is 27.4. The lowest BCUT2D eigenvalue weighted by Gasteiger charge is -2.48. The van der Waals surface area contributed by atoms with Crippen molar-refractivity contribution in [3.05, 3.63) is 29.8 Å². The van der Waals surface area contributed by atoms with Crippen LogP contribution in [0.3, 0.4) is 0 Å². The molecule has 2 aliphatic heterocycles. The van der Waals surface area contributed by atoms with Gasteiger partial charge in [0.1, 0.15) is 0 Å². The van der Waals surface area contributed by atoms with Gasteiger partial charge < -0.3 is 10.0 Å². The van der Waals surface area contributed by atoms with Gasteiger partial charge in [0.15, 0.2) is 0 Å². The highest BCUT2D eigenvalue weighted by atomic mass is 16.4. The van der Waals surface area contributed by atoms with Crippen LogP contribution in [0.2, 0.25) is 0 Å². The number of fused-ring (bicyclic) bond motifs is 2. The SMILES string of the molecule is O=C(O)c1cccc(N2CC3CC(C3)C2)c1. The van der Waals surface area contributed by atoms with Crippen molar-refractivity contribution >= 4 is 11.7 Å². The summed E-state index contributed by atoms with van der Waals surface area (Å²) in [4.78, 5) is 13.2. The molecule has 4 rings (SSSR count). The fourth-order valence-corrected chi connectivity index (χ4v) is 2.92. The number of rotatable bonds is 2. The minimum absolute atomic E-state index is 0.386. The number of piperidine rings is 2. The molecule has 16 heavy (non-hydrogen) atoms. The van der Waals surface area contributed by atoms with E-state index in [9.17, 15) is 4.79 Å². The maximum atomic E-state index is 10.9. The van der Waals surface area contributed by atoms with Gasteiger partial charge in [-0.05, 0) is 42.9 Å². The molecule has 3 heteroatoms. The van der Waals surface area contributed by atoms with Crippen LogP contribution < -0.4 is 4.90 Å². The van der Waals surface area contributed by atoms with Gasteiger partial charge in [-0.1, -0.05) is 6.07 Å². The molecule has 2 bridgehead atoms. The zero-order chi connectivity index (χ0) is 11.1. The van der Waals surface area contributed by atoms with Crippen LogP contribution in [0.15, 0.2) is 24.3 Å². The molecule has 1 saturated carbocycles. The number of aromatic carboxylic acids is 1. The third-order valence-electron chi connectivity index (χ3n) is 3.75. The second-order valence-electron chi connectivity index (χ2n) is 4.96. The van der Waals surface area contributed by atoms with Crippen molar-refractivity contribution in [1.82, 2.24) is 0 Å². The van der Waals surface area contributed by atoms with E-state index in [0.29, 0.717) is 5.56 Å². The third kappa shape index (κ3) is 1.56. The highest BCUT2D eigenvalue weighted by Gasteiger charge is 2.37. The summed E-state index contributed by atoms with van der Waals surface area (Å²) in [5.74, 6) is 0.837. The molecule has 0 spiro atoms. The van der Waals surface area contributed by atoms with Crippen molar-refractivity contribution in [2.45, 2.75) is 12.8 Å². The van der Waals surface area contributed by atoms with Crippen molar-refractivity contribution in [2.24, 2.45) is 11.8 Å². The number of hydrogen-bond acceptors (Lipinski definition) is 2. The van der Waals surface area contributed by atoms with E-state index in [0.717, 1.165) is 30.6 Å². The standard InChI is InChI=1S/C13H15NO2/c15-13(16)11-2-1-3-12(6-11)14-7-9-4-10(5-9)8-14/h1-3,6,9-10H,4-5,7-8H2,(H,15,16). The summed E-state index contributed by atoms with van der Waals surface area (Å²) >= 11 is 0. The van der Waals surface area contributed by atoms with E-state index in [1.807, 2.05) is 12.1 Å². The zero-order valence-corrected chi connectivity index (χ0v) is 9.10. The number of carboxylic acids is 1. The first-order valence-corrected chi connectivity index (χ1v) is 5.80. The van der Waals surface area contributed by atoms with Gasteiger partial charge in [0.2, 0.25) is 0 Å². The fourth-order valence-electron chi connectivity index (χ4n) is 2.92. The van der Waals surface area contributed by atoms with E-state index < -0.39 is 5.97 Å². The fraction of sp³-hybridized carbons (Fsp3) is 0.462. The largest absolute Gasteiger partial charge is 0.478 e. The van der Waals surface area contributed by atoms with E-state index >= 15 is 0 Å². The molecule has 2 heterocycles. The summed E-state index contributed by atoms with van der Waals surface area (Å²) in [5.41, 5.74) is 1.45. The first-order chi connectivity index (χ1) is 7.72. The third-order valence-corrected chi connectivity index (χ3v) is 3.75. The maximum absolute atomic E-state index is 10.9. The first-order valence-electron chi connectivity index (χ1n) is 5.80. The molecule has 0 aromatic heterocycles. The van der Waals surface area contributed by atoms with Crippen molar-refractivity contribution < 1.29 is 9.90 Å². The Balaban J connectivity index is 1.83. The molecule has 3 fully saturated rings. The first kappa shape index (κ1) is 9.70. The molecule has 2 saturated heterocycles. The van der Waals surface area contributed by atoms with Crippen molar-refractivity contribution in [1.29, 1.82) is 0 Å². The maximum Gasteiger partial charge on any atom is 0.335 e. The molecule has 3 aliphatic rings. The van der Waals surface area contributed by atoms with E-state index in [1.165, 1.54) is 12.8 Å². The Kier molecular flexibility index (Phi) is 2.13. The van der Waals surface area contributed by atoms with Crippen molar-refractivity contribution in [2.75, 3.05) is 18.0 Å². The number of nitrogens with zero attached hydrogens (tertiary/aromatic N) is 1. The summed E-state index contributed by atoms with van der Waals surface area (Å²) < 4.78 is 0. The second kappa shape index (κ2) is 3.51. The van der Waals surface area contributed by atoms with Gasteiger partial charge in [0.25, 0.3) is 0 Å². The smallest absolute Gasteiger partial charge is 0.335 e. The molecule has 0 amide bonds. The molecule has 1 N–H and O–H groups in total. The Labute approximate surface area is 94.7 Å². The highest BCUT2D eigenvalue weighted by Crippen LogP contribution is 2.41. The molecule has 0 unspecified atom stereocenters. The van der Waals surface area contributed by atoms with Gasteiger partial charge in [0.05, 0.1) is 5.56 Å². The lowest BCUT2D eigenvalue weighted by molar-refractivity contribution is 0.0697.